The number of nitrogens with zero attached hydrogens (tertiary/aromatic N) is 2. The molecule has 2 atom stereocenters. The predicted molar refractivity (Wildman–Crippen MR) is 37.5 cm³/mol. The molecule has 0 saturated carbocycles. The summed E-state index contributed by atoms with van der Waals surface area (Å²) >= 11 is 0. The fourth-order valence-electron chi connectivity index (χ4n) is 2.06. The molecule has 2 nitrogen and oxygen atoms in total. The molecule has 2 saturated heterocycles. The average Bonchev–Trinajstić information content (AvgIpc) is 2.24. The second kappa shape index (κ2) is 1.70. The van der Waals surface area contributed by atoms with Gasteiger partial charge in [0.1, 0.15) is 0 Å². The van der Waals surface area contributed by atoms with Crippen LogP contribution in [0.1, 0.15) is 6.42 Å². The SMILES string of the molecule is CN1CC2CC1CN2C. The molecule has 0 aromatic rings. The van der Waals surface area contributed by atoms with Crippen LogP contribution in [0.3, 0.4) is 0 Å². The van der Waals surface area contributed by atoms with Crippen LogP contribution >= 0.6 is 0 Å². The van der Waals surface area contributed by atoms with E-state index in [-0.39, 0.29) is 0 Å². The summed E-state index contributed by atoms with van der Waals surface area (Å²) in [4.78, 5) is 4.95. The highest BCUT2D eigenvalue weighted by Gasteiger charge is 2.38. The van der Waals surface area contributed by atoms with E-state index in [0.29, 0.717) is 0 Å². The van der Waals surface area contributed by atoms with Crippen molar-refractivity contribution in [3.8, 4) is 0 Å². The van der Waals surface area contributed by atoms with Crippen molar-refractivity contribution in [2.45, 2.75) is 18.5 Å². The van der Waals surface area contributed by atoms with Crippen LogP contribution in [0.4, 0.5) is 0 Å². The molecule has 0 N–H and O–H groups in total. The van der Waals surface area contributed by atoms with Gasteiger partial charge in [-0.2, -0.15) is 0 Å². The molecular formula is C7H14N2. The lowest BCUT2D eigenvalue weighted by atomic mass is 10.2. The Morgan fingerprint density at radius 1 is 1.00 bits per heavy atom. The van der Waals surface area contributed by atoms with Crippen molar-refractivity contribution in [3.05, 3.63) is 0 Å². The van der Waals surface area contributed by atoms with Gasteiger partial charge in [-0.3, -0.25) is 0 Å². The van der Waals surface area contributed by atoms with Gasteiger partial charge in [-0.05, 0) is 20.5 Å². The Kier molecular flexibility index (Phi) is 1.08. The lowest BCUT2D eigenvalue weighted by Gasteiger charge is -2.28. The Balaban J connectivity index is 2.10. The minimum Gasteiger partial charge on any atom is -0.301 e. The van der Waals surface area contributed by atoms with Crippen LogP contribution in [-0.2, 0) is 0 Å². The average molecular weight is 126 g/mol. The first-order valence-electron chi connectivity index (χ1n) is 3.68. The van der Waals surface area contributed by atoms with Gasteiger partial charge in [-0.25, -0.2) is 0 Å². The number of fused-ring (bicyclic) bond motifs is 2. The molecule has 0 amide bonds. The van der Waals surface area contributed by atoms with Gasteiger partial charge in [-0.15, -0.1) is 0 Å². The maximum Gasteiger partial charge on any atom is 0.0236 e. The molecule has 0 radical (unpaired) electrons. The maximum atomic E-state index is 2.48. The Bertz CT molecular complexity index is 106. The summed E-state index contributed by atoms with van der Waals surface area (Å²) in [7, 11) is 4.47. The number of likely N-dealkylation sites (tertiary alicyclic amines) is 2. The van der Waals surface area contributed by atoms with Gasteiger partial charge in [0.25, 0.3) is 0 Å². The summed E-state index contributed by atoms with van der Waals surface area (Å²) < 4.78 is 0. The Morgan fingerprint density at radius 3 is 1.67 bits per heavy atom. The maximum absolute atomic E-state index is 2.48. The van der Waals surface area contributed by atoms with Crippen LogP contribution in [-0.4, -0.2) is 49.1 Å². The number of hydrogen-bond acceptors (Lipinski definition) is 2. The smallest absolute Gasteiger partial charge is 0.0236 e. The lowest BCUT2D eigenvalue weighted by Crippen LogP contribution is -2.42. The van der Waals surface area contributed by atoms with E-state index in [2.05, 4.69) is 23.9 Å². The number of hydrogen-bond donors (Lipinski definition) is 0. The van der Waals surface area contributed by atoms with Gasteiger partial charge in [0.15, 0.2) is 0 Å². The van der Waals surface area contributed by atoms with Gasteiger partial charge < -0.3 is 9.80 Å². The molecule has 2 aliphatic heterocycles. The quantitative estimate of drug-likeness (QED) is 0.451. The van der Waals surface area contributed by atoms with Crippen LogP contribution in [0.2, 0.25) is 0 Å². The van der Waals surface area contributed by atoms with Crippen molar-refractivity contribution in [2.75, 3.05) is 27.2 Å². The van der Waals surface area contributed by atoms with Crippen LogP contribution in [0.25, 0.3) is 0 Å². The van der Waals surface area contributed by atoms with E-state index in [9.17, 15) is 0 Å². The van der Waals surface area contributed by atoms with Crippen LogP contribution in [0.5, 0.6) is 0 Å². The van der Waals surface area contributed by atoms with Gasteiger partial charge in [0.05, 0.1) is 0 Å². The van der Waals surface area contributed by atoms with Crippen molar-refractivity contribution in [1.29, 1.82) is 0 Å². The zero-order valence-electron chi connectivity index (χ0n) is 6.17. The summed E-state index contributed by atoms with van der Waals surface area (Å²) in [6.07, 6.45) is 1.41. The fourth-order valence-corrected chi connectivity index (χ4v) is 2.06. The molecule has 2 fully saturated rings. The summed E-state index contributed by atoms with van der Waals surface area (Å²) in [5.74, 6) is 0. The van der Waals surface area contributed by atoms with Crippen molar-refractivity contribution < 1.29 is 0 Å². The molecule has 2 aliphatic rings. The number of likely N-dealkylation sites (N-methyl/N-ethyl adjacent to an activating group) is 2. The molecule has 0 spiro atoms. The van der Waals surface area contributed by atoms with E-state index >= 15 is 0 Å². The van der Waals surface area contributed by atoms with E-state index in [4.69, 9.17) is 0 Å². The zero-order chi connectivity index (χ0) is 6.43. The fraction of sp³-hybridized carbons (Fsp3) is 1.00. The summed E-state index contributed by atoms with van der Waals surface area (Å²) in [6, 6.07) is 1.75. The van der Waals surface area contributed by atoms with Crippen LogP contribution in [0, 0.1) is 0 Å². The Hall–Kier alpha value is -0.0800. The summed E-state index contributed by atoms with van der Waals surface area (Å²) in [5, 5.41) is 0. The molecule has 2 bridgehead atoms. The third kappa shape index (κ3) is 0.700. The van der Waals surface area contributed by atoms with Crippen molar-refractivity contribution in [1.82, 2.24) is 9.80 Å². The molecule has 0 aromatic heterocycles. The molecule has 2 rings (SSSR count). The second-order valence-corrected chi connectivity index (χ2v) is 3.42. The highest BCUT2D eigenvalue weighted by Crippen LogP contribution is 2.27. The van der Waals surface area contributed by atoms with Gasteiger partial charge in [0, 0.05) is 25.2 Å². The number of rotatable bonds is 0. The molecular weight excluding hydrogens is 112 g/mol. The van der Waals surface area contributed by atoms with E-state index in [1.165, 1.54) is 19.5 Å². The minimum absolute atomic E-state index is 0.875. The molecule has 0 aliphatic carbocycles. The van der Waals surface area contributed by atoms with E-state index in [0.717, 1.165) is 12.1 Å². The Morgan fingerprint density at radius 2 is 1.44 bits per heavy atom. The largest absolute Gasteiger partial charge is 0.301 e. The van der Waals surface area contributed by atoms with Gasteiger partial charge in [-0.1, -0.05) is 0 Å². The van der Waals surface area contributed by atoms with Crippen LogP contribution in [0.15, 0.2) is 0 Å². The van der Waals surface area contributed by atoms with E-state index < -0.39 is 0 Å². The van der Waals surface area contributed by atoms with Crippen molar-refractivity contribution in [3.63, 3.8) is 0 Å². The minimum atomic E-state index is 0.875. The standard InChI is InChI=1S/C7H14N2/c1-8-4-7-3-6(8)5-9(7)2/h6-7H,3-5H2,1-2H3. The van der Waals surface area contributed by atoms with E-state index in [1.807, 2.05) is 0 Å². The predicted octanol–water partition coefficient (Wildman–Crippen LogP) is 0.00450. The second-order valence-electron chi connectivity index (χ2n) is 3.42. The highest BCUT2D eigenvalue weighted by atomic mass is 15.3. The lowest BCUT2D eigenvalue weighted by molar-refractivity contribution is 0.176. The molecule has 2 heterocycles. The third-order valence-corrected chi connectivity index (χ3v) is 2.79. The zero-order valence-corrected chi connectivity index (χ0v) is 6.17. The topological polar surface area (TPSA) is 6.48 Å². The summed E-state index contributed by atoms with van der Waals surface area (Å²) in [6.45, 7) is 2.59. The first kappa shape index (κ1) is 5.69. The van der Waals surface area contributed by atoms with E-state index in [1.54, 1.807) is 0 Å². The first-order valence-corrected chi connectivity index (χ1v) is 3.68. The summed E-state index contributed by atoms with van der Waals surface area (Å²) in [5.41, 5.74) is 0. The normalized spacial score (nSPS) is 44.7. The molecule has 9 heavy (non-hydrogen) atoms. The van der Waals surface area contributed by atoms with Crippen molar-refractivity contribution >= 4 is 0 Å². The van der Waals surface area contributed by atoms with Gasteiger partial charge >= 0.3 is 0 Å². The number of piperazine rings is 1. The Labute approximate surface area is 56.4 Å². The molecule has 52 valence electrons. The highest BCUT2D eigenvalue weighted by molar-refractivity contribution is 4.96. The van der Waals surface area contributed by atoms with Gasteiger partial charge in [0.2, 0.25) is 0 Å². The third-order valence-electron chi connectivity index (χ3n) is 2.79. The molecule has 0 aromatic carbocycles. The molecule has 2 unspecified atom stereocenters. The monoisotopic (exact) mass is 126 g/mol. The van der Waals surface area contributed by atoms with Crippen molar-refractivity contribution in [2.24, 2.45) is 0 Å². The molecule has 2 heteroatoms. The van der Waals surface area contributed by atoms with Crippen LogP contribution < -0.4 is 0 Å². The first-order chi connectivity index (χ1) is 4.27.